The van der Waals surface area contributed by atoms with E-state index in [1.165, 1.54) is 5.56 Å². The van der Waals surface area contributed by atoms with Crippen LogP contribution in [0.3, 0.4) is 0 Å². The maximum absolute atomic E-state index is 12.4. The Morgan fingerprint density at radius 2 is 2.21 bits per heavy atom. The molecule has 1 aromatic carbocycles. The van der Waals surface area contributed by atoms with Crippen molar-refractivity contribution in [2.45, 2.75) is 33.6 Å². The molecule has 104 valence electrons. The summed E-state index contributed by atoms with van der Waals surface area (Å²) in [4.78, 5) is 14.3. The summed E-state index contributed by atoms with van der Waals surface area (Å²) in [6.07, 6.45) is 2.13. The minimum absolute atomic E-state index is 0.0329. The minimum Gasteiger partial charge on any atom is -0.497 e. The number of carbonyl (C=O) groups is 1. The van der Waals surface area contributed by atoms with E-state index in [2.05, 4.69) is 13.0 Å². The van der Waals surface area contributed by atoms with Crippen molar-refractivity contribution in [2.75, 3.05) is 18.6 Å². The van der Waals surface area contributed by atoms with E-state index in [-0.39, 0.29) is 11.8 Å². The van der Waals surface area contributed by atoms with E-state index in [9.17, 15) is 4.79 Å². The fourth-order valence-corrected chi connectivity index (χ4v) is 2.64. The molecule has 0 fully saturated rings. The van der Waals surface area contributed by atoms with E-state index in [1.807, 2.05) is 30.9 Å². The third kappa shape index (κ3) is 2.75. The second-order valence-electron chi connectivity index (χ2n) is 5.58. The highest BCUT2D eigenvalue weighted by molar-refractivity contribution is 5.96. The van der Waals surface area contributed by atoms with Crippen molar-refractivity contribution in [1.82, 2.24) is 0 Å². The fraction of sp³-hybridized carbons (Fsp3) is 0.562. The third-order valence-electron chi connectivity index (χ3n) is 3.86. The molecule has 0 saturated heterocycles. The lowest BCUT2D eigenvalue weighted by Gasteiger charge is -2.35. The number of hydrogen-bond donors (Lipinski definition) is 0. The summed E-state index contributed by atoms with van der Waals surface area (Å²) in [6.45, 7) is 6.95. The van der Waals surface area contributed by atoms with E-state index < -0.39 is 0 Å². The predicted molar refractivity (Wildman–Crippen MR) is 77.7 cm³/mol. The number of fused-ring (bicyclic) bond motifs is 1. The quantitative estimate of drug-likeness (QED) is 0.835. The maximum atomic E-state index is 12.4. The summed E-state index contributed by atoms with van der Waals surface area (Å²) in [7, 11) is 1.68. The van der Waals surface area contributed by atoms with Crippen molar-refractivity contribution < 1.29 is 9.53 Å². The van der Waals surface area contributed by atoms with Gasteiger partial charge in [-0.2, -0.15) is 0 Å². The molecule has 1 aromatic rings. The van der Waals surface area contributed by atoms with Gasteiger partial charge in [0.15, 0.2) is 0 Å². The molecule has 2 rings (SSSR count). The Morgan fingerprint density at radius 3 is 2.79 bits per heavy atom. The molecule has 1 aliphatic rings. The zero-order valence-corrected chi connectivity index (χ0v) is 12.3. The molecule has 0 bridgehead atoms. The lowest BCUT2D eigenvalue weighted by Crippen LogP contribution is -2.41. The number of methoxy groups -OCH3 is 1. The van der Waals surface area contributed by atoms with Crippen LogP contribution in [-0.2, 0) is 11.2 Å². The molecule has 1 aliphatic heterocycles. The second kappa shape index (κ2) is 5.64. The molecule has 19 heavy (non-hydrogen) atoms. The van der Waals surface area contributed by atoms with Crippen molar-refractivity contribution >= 4 is 11.6 Å². The van der Waals surface area contributed by atoms with Crippen LogP contribution in [0.5, 0.6) is 5.75 Å². The standard InChI is InChI=1S/C16H23NO2/c1-5-12-8-13-9-14(19-4)6-7-15(13)17(10-12)16(18)11(2)3/h6-7,9,11-12H,5,8,10H2,1-4H3. The molecule has 1 amide bonds. The molecule has 0 radical (unpaired) electrons. The van der Waals surface area contributed by atoms with Crippen LogP contribution in [-0.4, -0.2) is 19.6 Å². The van der Waals surface area contributed by atoms with Gasteiger partial charge in [-0.3, -0.25) is 4.79 Å². The summed E-state index contributed by atoms with van der Waals surface area (Å²) >= 11 is 0. The number of rotatable bonds is 3. The first-order valence-corrected chi connectivity index (χ1v) is 7.05. The number of benzene rings is 1. The van der Waals surface area contributed by atoms with Crippen LogP contribution in [0.25, 0.3) is 0 Å². The summed E-state index contributed by atoms with van der Waals surface area (Å²) in [5, 5.41) is 0. The molecule has 1 atom stereocenters. The number of anilines is 1. The molecule has 0 spiro atoms. The topological polar surface area (TPSA) is 29.5 Å². The second-order valence-corrected chi connectivity index (χ2v) is 5.58. The van der Waals surface area contributed by atoms with Gasteiger partial charge >= 0.3 is 0 Å². The Balaban J connectivity index is 2.39. The van der Waals surface area contributed by atoms with Crippen LogP contribution >= 0.6 is 0 Å². The molecule has 0 aromatic heterocycles. The Morgan fingerprint density at radius 1 is 1.47 bits per heavy atom. The average molecular weight is 261 g/mol. The Labute approximate surface area is 115 Å². The molecule has 1 unspecified atom stereocenters. The molecule has 0 saturated carbocycles. The van der Waals surface area contributed by atoms with Crippen molar-refractivity contribution in [3.63, 3.8) is 0 Å². The van der Waals surface area contributed by atoms with Gasteiger partial charge in [-0.15, -0.1) is 0 Å². The van der Waals surface area contributed by atoms with Gasteiger partial charge in [0, 0.05) is 18.2 Å². The lowest BCUT2D eigenvalue weighted by molar-refractivity contribution is -0.121. The van der Waals surface area contributed by atoms with Crippen molar-refractivity contribution in [1.29, 1.82) is 0 Å². The minimum atomic E-state index is 0.0329. The van der Waals surface area contributed by atoms with Gasteiger partial charge in [0.2, 0.25) is 5.91 Å². The number of ether oxygens (including phenoxy) is 1. The maximum Gasteiger partial charge on any atom is 0.229 e. The summed E-state index contributed by atoms with van der Waals surface area (Å²) in [5.41, 5.74) is 2.29. The van der Waals surface area contributed by atoms with Gasteiger partial charge < -0.3 is 9.64 Å². The highest BCUT2D eigenvalue weighted by atomic mass is 16.5. The largest absolute Gasteiger partial charge is 0.497 e. The number of amides is 1. The zero-order valence-electron chi connectivity index (χ0n) is 12.3. The molecule has 3 nitrogen and oxygen atoms in total. The lowest BCUT2D eigenvalue weighted by atomic mass is 9.90. The normalized spacial score (nSPS) is 18.4. The molecular weight excluding hydrogens is 238 g/mol. The number of carbonyl (C=O) groups excluding carboxylic acids is 1. The highest BCUT2D eigenvalue weighted by Gasteiger charge is 2.29. The smallest absolute Gasteiger partial charge is 0.229 e. The van der Waals surface area contributed by atoms with E-state index in [1.54, 1.807) is 7.11 Å². The van der Waals surface area contributed by atoms with E-state index in [4.69, 9.17) is 4.74 Å². The molecule has 0 N–H and O–H groups in total. The van der Waals surface area contributed by atoms with Crippen LogP contribution in [0.4, 0.5) is 5.69 Å². The van der Waals surface area contributed by atoms with E-state index in [0.717, 1.165) is 30.8 Å². The van der Waals surface area contributed by atoms with Crippen molar-refractivity contribution in [3.05, 3.63) is 23.8 Å². The Hall–Kier alpha value is -1.51. The summed E-state index contributed by atoms with van der Waals surface area (Å²) < 4.78 is 5.29. The van der Waals surface area contributed by atoms with Gasteiger partial charge in [-0.05, 0) is 36.1 Å². The Kier molecular flexibility index (Phi) is 4.13. The van der Waals surface area contributed by atoms with Crippen molar-refractivity contribution in [2.24, 2.45) is 11.8 Å². The Bertz CT molecular complexity index is 468. The number of hydrogen-bond acceptors (Lipinski definition) is 2. The monoisotopic (exact) mass is 261 g/mol. The predicted octanol–water partition coefficient (Wildman–Crippen LogP) is 3.27. The summed E-state index contributed by atoms with van der Waals surface area (Å²) in [6, 6.07) is 6.02. The molecule has 3 heteroatoms. The number of nitrogens with zero attached hydrogens (tertiary/aromatic N) is 1. The van der Waals surface area contributed by atoms with Crippen molar-refractivity contribution in [3.8, 4) is 5.75 Å². The van der Waals surface area contributed by atoms with Crippen LogP contribution in [0, 0.1) is 11.8 Å². The first kappa shape index (κ1) is 13.9. The van der Waals surface area contributed by atoms with Gasteiger partial charge in [0.1, 0.15) is 5.75 Å². The van der Waals surface area contributed by atoms with Crippen LogP contribution in [0.2, 0.25) is 0 Å². The molecule has 0 aliphatic carbocycles. The van der Waals surface area contributed by atoms with Crippen LogP contribution in [0.15, 0.2) is 18.2 Å². The van der Waals surface area contributed by atoms with Gasteiger partial charge in [-0.25, -0.2) is 0 Å². The SMILES string of the molecule is CCC1Cc2cc(OC)ccc2N(C(=O)C(C)C)C1. The van der Waals surface area contributed by atoms with Gasteiger partial charge in [0.05, 0.1) is 7.11 Å². The molecule has 1 heterocycles. The molecular formula is C16H23NO2. The highest BCUT2D eigenvalue weighted by Crippen LogP contribution is 2.34. The average Bonchev–Trinajstić information content (AvgIpc) is 2.44. The van der Waals surface area contributed by atoms with E-state index >= 15 is 0 Å². The van der Waals surface area contributed by atoms with Crippen LogP contribution < -0.4 is 9.64 Å². The summed E-state index contributed by atoms with van der Waals surface area (Å²) in [5.74, 6) is 1.66. The third-order valence-corrected chi connectivity index (χ3v) is 3.86. The first-order valence-electron chi connectivity index (χ1n) is 7.05. The zero-order chi connectivity index (χ0) is 14.0. The van der Waals surface area contributed by atoms with Gasteiger partial charge in [0.25, 0.3) is 0 Å². The van der Waals surface area contributed by atoms with Crippen LogP contribution in [0.1, 0.15) is 32.8 Å². The first-order chi connectivity index (χ1) is 9.06. The van der Waals surface area contributed by atoms with Gasteiger partial charge in [-0.1, -0.05) is 27.2 Å². The fourth-order valence-electron chi connectivity index (χ4n) is 2.64. The van der Waals surface area contributed by atoms with E-state index in [0.29, 0.717) is 5.92 Å².